The molecular formula is C21H30N6O3. The number of hydrogen-bond donors (Lipinski definition) is 2. The van der Waals surface area contributed by atoms with Gasteiger partial charge in [0.15, 0.2) is 6.61 Å². The van der Waals surface area contributed by atoms with Crippen LogP contribution < -0.4 is 11.1 Å². The second kappa shape index (κ2) is 8.20. The number of nitrogen functional groups attached to an aromatic ring is 1. The minimum atomic E-state index is -0.408. The standard InChI is InChI=1S/C21H30N6O3/c1-11-16(13(3)27-21(24-11)25-20(22)26-27)6-7-19(29)30-10-18(28)23-12(2)17-9-14-4-5-15(17)8-14/h12,14-15,17H,4-10H2,1-3H3,(H2,22,26)(H,23,28)/t12-,14+,15+,17+/m1/s1. The highest BCUT2D eigenvalue weighted by Gasteiger charge is 2.42. The molecule has 2 fully saturated rings. The molecule has 2 saturated carbocycles. The summed E-state index contributed by atoms with van der Waals surface area (Å²) in [6, 6.07) is 0.129. The molecule has 0 radical (unpaired) electrons. The lowest BCUT2D eigenvalue weighted by atomic mass is 9.84. The van der Waals surface area contributed by atoms with Crippen molar-refractivity contribution in [3.8, 4) is 0 Å². The maximum absolute atomic E-state index is 12.2. The first-order chi connectivity index (χ1) is 14.3. The van der Waals surface area contributed by atoms with Crippen LogP contribution in [0.3, 0.4) is 0 Å². The third-order valence-electron chi connectivity index (χ3n) is 6.83. The molecule has 3 N–H and O–H groups in total. The van der Waals surface area contributed by atoms with Crippen LogP contribution in [0.4, 0.5) is 5.95 Å². The number of hydrogen-bond acceptors (Lipinski definition) is 7. The van der Waals surface area contributed by atoms with Crippen molar-refractivity contribution < 1.29 is 14.3 Å². The number of nitrogens with zero attached hydrogens (tertiary/aromatic N) is 4. The zero-order valence-electron chi connectivity index (χ0n) is 17.9. The van der Waals surface area contributed by atoms with Crippen LogP contribution in [0.15, 0.2) is 0 Å². The molecule has 0 unspecified atom stereocenters. The van der Waals surface area contributed by atoms with E-state index in [-0.39, 0.29) is 30.9 Å². The van der Waals surface area contributed by atoms with Crippen molar-refractivity contribution in [2.24, 2.45) is 17.8 Å². The second-order valence-corrected chi connectivity index (χ2v) is 8.80. The molecule has 2 aromatic heterocycles. The van der Waals surface area contributed by atoms with E-state index in [9.17, 15) is 9.59 Å². The molecule has 0 spiro atoms. The normalized spacial score (nSPS) is 23.6. The fourth-order valence-corrected chi connectivity index (χ4v) is 5.34. The van der Waals surface area contributed by atoms with Crippen LogP contribution >= 0.6 is 0 Å². The minimum absolute atomic E-state index is 0.129. The maximum Gasteiger partial charge on any atom is 0.306 e. The van der Waals surface area contributed by atoms with E-state index >= 15 is 0 Å². The van der Waals surface area contributed by atoms with Crippen LogP contribution in [-0.4, -0.2) is 44.1 Å². The number of rotatable bonds is 7. The number of aryl methyl sites for hydroxylation is 2. The predicted octanol–water partition coefficient (Wildman–Crippen LogP) is 1.74. The Hall–Kier alpha value is -2.71. The molecule has 2 aliphatic carbocycles. The van der Waals surface area contributed by atoms with E-state index in [1.54, 1.807) is 4.52 Å². The van der Waals surface area contributed by atoms with Gasteiger partial charge in [-0.15, -0.1) is 5.10 Å². The number of carbonyl (C=O) groups excluding carboxylic acids is 2. The smallest absolute Gasteiger partial charge is 0.306 e. The summed E-state index contributed by atoms with van der Waals surface area (Å²) in [5.41, 5.74) is 8.16. The number of nitrogens with two attached hydrogens (primary N) is 1. The van der Waals surface area contributed by atoms with E-state index in [4.69, 9.17) is 10.5 Å². The van der Waals surface area contributed by atoms with Crippen LogP contribution in [0.2, 0.25) is 0 Å². The summed E-state index contributed by atoms with van der Waals surface area (Å²) in [6.07, 6.45) is 5.74. The number of ether oxygens (including phenoxy) is 1. The van der Waals surface area contributed by atoms with E-state index in [1.165, 1.54) is 25.7 Å². The van der Waals surface area contributed by atoms with Gasteiger partial charge in [0.25, 0.3) is 11.7 Å². The molecule has 0 saturated heterocycles. The Morgan fingerprint density at radius 2 is 2.07 bits per heavy atom. The molecule has 30 heavy (non-hydrogen) atoms. The van der Waals surface area contributed by atoms with Gasteiger partial charge in [0.05, 0.1) is 0 Å². The molecule has 2 aromatic rings. The second-order valence-electron chi connectivity index (χ2n) is 8.80. The predicted molar refractivity (Wildman–Crippen MR) is 110 cm³/mol. The lowest BCUT2D eigenvalue weighted by Crippen LogP contribution is -2.42. The summed E-state index contributed by atoms with van der Waals surface area (Å²) < 4.78 is 6.77. The SMILES string of the molecule is Cc1nc2nc(N)nn2c(C)c1CCC(=O)OCC(=O)N[C@H](C)[C@@H]1C[C@H]2CC[C@H]1C2. The summed E-state index contributed by atoms with van der Waals surface area (Å²) in [5.74, 6) is 2.10. The van der Waals surface area contributed by atoms with Gasteiger partial charge in [-0.25, -0.2) is 4.98 Å². The van der Waals surface area contributed by atoms with Crippen molar-refractivity contribution >= 4 is 23.6 Å². The van der Waals surface area contributed by atoms with E-state index in [1.807, 2.05) is 13.8 Å². The van der Waals surface area contributed by atoms with E-state index < -0.39 is 5.97 Å². The van der Waals surface area contributed by atoms with Crippen LogP contribution in [0, 0.1) is 31.6 Å². The third kappa shape index (κ3) is 4.11. The molecule has 2 heterocycles. The first-order valence-electron chi connectivity index (χ1n) is 10.7. The third-order valence-corrected chi connectivity index (χ3v) is 6.83. The number of aromatic nitrogens is 4. The van der Waals surface area contributed by atoms with Crippen molar-refractivity contribution in [3.63, 3.8) is 0 Å². The number of amides is 1. The average Bonchev–Trinajstić information content (AvgIpc) is 3.41. The van der Waals surface area contributed by atoms with Crippen LogP contribution in [-0.2, 0) is 20.7 Å². The van der Waals surface area contributed by atoms with Gasteiger partial charge in [-0.05, 0) is 69.8 Å². The lowest BCUT2D eigenvalue weighted by Gasteiger charge is -2.28. The van der Waals surface area contributed by atoms with E-state index in [2.05, 4.69) is 27.3 Å². The van der Waals surface area contributed by atoms with E-state index in [0.29, 0.717) is 18.1 Å². The highest BCUT2D eigenvalue weighted by molar-refractivity contribution is 5.80. The van der Waals surface area contributed by atoms with Gasteiger partial charge in [-0.3, -0.25) is 9.59 Å². The Balaban J connectivity index is 1.25. The van der Waals surface area contributed by atoms with Crippen molar-refractivity contribution in [1.82, 2.24) is 24.9 Å². The molecular weight excluding hydrogens is 384 g/mol. The summed E-state index contributed by atoms with van der Waals surface area (Å²) >= 11 is 0. The van der Waals surface area contributed by atoms with Crippen molar-refractivity contribution in [3.05, 3.63) is 17.0 Å². The maximum atomic E-state index is 12.2. The quantitative estimate of drug-likeness (QED) is 0.661. The van der Waals surface area contributed by atoms with E-state index in [0.717, 1.165) is 28.8 Å². The Morgan fingerprint density at radius 3 is 2.77 bits per heavy atom. The first-order valence-corrected chi connectivity index (χ1v) is 10.7. The van der Waals surface area contributed by atoms with Crippen LogP contribution in [0.1, 0.15) is 56.0 Å². The van der Waals surface area contributed by atoms with Crippen molar-refractivity contribution in [2.45, 2.75) is 65.3 Å². The zero-order valence-corrected chi connectivity index (χ0v) is 17.9. The average molecular weight is 415 g/mol. The lowest BCUT2D eigenvalue weighted by molar-refractivity contribution is -0.148. The van der Waals surface area contributed by atoms with Crippen molar-refractivity contribution in [1.29, 1.82) is 0 Å². The Labute approximate surface area is 175 Å². The number of anilines is 1. The van der Waals surface area contributed by atoms with Crippen LogP contribution in [0.5, 0.6) is 0 Å². The molecule has 4 atom stereocenters. The monoisotopic (exact) mass is 414 g/mol. The Kier molecular flexibility index (Phi) is 5.62. The fraction of sp³-hybridized carbons (Fsp3) is 0.667. The summed E-state index contributed by atoms with van der Waals surface area (Å²) in [5, 5.41) is 7.15. The number of carbonyl (C=O) groups is 2. The molecule has 1 amide bonds. The van der Waals surface area contributed by atoms with Gasteiger partial charge in [-0.1, -0.05) is 6.42 Å². The molecule has 2 bridgehead atoms. The minimum Gasteiger partial charge on any atom is -0.456 e. The molecule has 162 valence electrons. The topological polar surface area (TPSA) is 124 Å². The fourth-order valence-electron chi connectivity index (χ4n) is 5.34. The van der Waals surface area contributed by atoms with Gasteiger partial charge < -0.3 is 15.8 Å². The van der Waals surface area contributed by atoms with Gasteiger partial charge in [0.2, 0.25) is 5.95 Å². The first kappa shape index (κ1) is 20.6. The van der Waals surface area contributed by atoms with Gasteiger partial charge >= 0.3 is 5.97 Å². The summed E-state index contributed by atoms with van der Waals surface area (Å²) in [7, 11) is 0. The molecule has 4 rings (SSSR count). The van der Waals surface area contributed by atoms with Crippen LogP contribution in [0.25, 0.3) is 5.78 Å². The number of esters is 1. The van der Waals surface area contributed by atoms with Gasteiger partial charge in [0, 0.05) is 23.9 Å². The Bertz CT molecular complexity index is 971. The highest BCUT2D eigenvalue weighted by Crippen LogP contribution is 2.49. The van der Waals surface area contributed by atoms with Gasteiger partial charge in [-0.2, -0.15) is 9.50 Å². The molecule has 9 nitrogen and oxygen atoms in total. The van der Waals surface area contributed by atoms with Gasteiger partial charge in [0.1, 0.15) is 0 Å². The number of nitrogens with one attached hydrogen (secondary N) is 1. The van der Waals surface area contributed by atoms with Crippen molar-refractivity contribution in [2.75, 3.05) is 12.3 Å². The molecule has 0 aromatic carbocycles. The Morgan fingerprint density at radius 1 is 1.27 bits per heavy atom. The zero-order chi connectivity index (χ0) is 21.4. The summed E-state index contributed by atoms with van der Waals surface area (Å²) in [6.45, 7) is 5.58. The molecule has 0 aliphatic heterocycles. The summed E-state index contributed by atoms with van der Waals surface area (Å²) in [4.78, 5) is 32.9. The largest absolute Gasteiger partial charge is 0.456 e. The molecule has 2 aliphatic rings. The highest BCUT2D eigenvalue weighted by atomic mass is 16.5. The number of fused-ring (bicyclic) bond motifs is 3. The molecule has 9 heteroatoms.